The number of fused-ring (bicyclic) bond motifs is 1. The quantitative estimate of drug-likeness (QED) is 0.840. The molecule has 1 aromatic carbocycles. The lowest BCUT2D eigenvalue weighted by Gasteiger charge is -2.16. The highest BCUT2D eigenvalue weighted by molar-refractivity contribution is 6.33. The van der Waals surface area contributed by atoms with E-state index in [9.17, 15) is 0 Å². The molecule has 1 aliphatic rings. The molecule has 0 atom stereocenters. The van der Waals surface area contributed by atoms with Crippen LogP contribution in [0.2, 0.25) is 5.02 Å². The summed E-state index contributed by atoms with van der Waals surface area (Å²) in [5.74, 6) is 1.84. The normalized spacial score (nSPS) is 14.7. The molecular weight excluding hydrogens is 236 g/mol. The second-order valence-corrected chi connectivity index (χ2v) is 4.66. The van der Waals surface area contributed by atoms with Crippen molar-refractivity contribution in [3.63, 3.8) is 0 Å². The van der Waals surface area contributed by atoms with Crippen LogP contribution in [0.1, 0.15) is 11.4 Å². The molecule has 88 valence electrons. The second-order valence-electron chi connectivity index (χ2n) is 4.25. The topological polar surface area (TPSA) is 42.7 Å². The number of benzene rings is 1. The van der Waals surface area contributed by atoms with Gasteiger partial charge in [-0.15, -0.1) is 10.2 Å². The molecule has 4 nitrogen and oxygen atoms in total. The molecule has 1 N–H and O–H groups in total. The molecule has 17 heavy (non-hydrogen) atoms. The zero-order chi connectivity index (χ0) is 11.8. The maximum absolute atomic E-state index is 6.27. The summed E-state index contributed by atoms with van der Waals surface area (Å²) < 4.78 is 2.13. The van der Waals surface area contributed by atoms with Crippen molar-refractivity contribution >= 4 is 11.6 Å². The van der Waals surface area contributed by atoms with Crippen molar-refractivity contribution in [2.45, 2.75) is 20.0 Å². The summed E-state index contributed by atoms with van der Waals surface area (Å²) in [5.41, 5.74) is 2.11. The largest absolute Gasteiger partial charge is 0.309 e. The average Bonchev–Trinajstić information content (AvgIpc) is 2.73. The summed E-state index contributed by atoms with van der Waals surface area (Å²) >= 11 is 6.27. The molecule has 0 unspecified atom stereocenters. The molecule has 0 fully saturated rings. The minimum Gasteiger partial charge on any atom is -0.309 e. The minimum absolute atomic E-state index is 0.735. The van der Waals surface area contributed by atoms with Crippen molar-refractivity contribution in [1.29, 1.82) is 0 Å². The molecule has 0 saturated carbocycles. The molecule has 0 saturated heterocycles. The average molecular weight is 249 g/mol. The number of hydrogen-bond donors (Lipinski definition) is 1. The zero-order valence-corrected chi connectivity index (χ0v) is 10.3. The lowest BCUT2D eigenvalue weighted by molar-refractivity contribution is 0.508. The lowest BCUT2D eigenvalue weighted by atomic mass is 10.1. The molecule has 1 aromatic heterocycles. The fourth-order valence-corrected chi connectivity index (χ4v) is 2.41. The van der Waals surface area contributed by atoms with Crippen LogP contribution in [0.4, 0.5) is 0 Å². The van der Waals surface area contributed by atoms with Crippen LogP contribution in [0.3, 0.4) is 0 Å². The Morgan fingerprint density at radius 3 is 3.06 bits per heavy atom. The van der Waals surface area contributed by atoms with Crippen molar-refractivity contribution in [1.82, 2.24) is 20.1 Å². The smallest absolute Gasteiger partial charge is 0.165 e. The van der Waals surface area contributed by atoms with Crippen LogP contribution in [0.15, 0.2) is 18.2 Å². The number of nitrogens with zero attached hydrogens (tertiary/aromatic N) is 3. The van der Waals surface area contributed by atoms with E-state index in [-0.39, 0.29) is 0 Å². The summed E-state index contributed by atoms with van der Waals surface area (Å²) in [6.45, 7) is 4.64. The maximum atomic E-state index is 6.27. The minimum atomic E-state index is 0.735. The van der Waals surface area contributed by atoms with Crippen LogP contribution >= 0.6 is 11.6 Å². The van der Waals surface area contributed by atoms with Crippen LogP contribution in [0.5, 0.6) is 0 Å². The summed E-state index contributed by atoms with van der Waals surface area (Å²) in [4.78, 5) is 0. The van der Waals surface area contributed by atoms with Crippen molar-refractivity contribution < 1.29 is 0 Å². The first kappa shape index (κ1) is 10.7. The van der Waals surface area contributed by atoms with E-state index < -0.39 is 0 Å². The molecule has 5 heteroatoms. The maximum Gasteiger partial charge on any atom is 0.165 e. The van der Waals surface area contributed by atoms with E-state index in [1.807, 2.05) is 25.1 Å². The van der Waals surface area contributed by atoms with E-state index >= 15 is 0 Å². The van der Waals surface area contributed by atoms with Crippen molar-refractivity contribution in [2.24, 2.45) is 0 Å². The van der Waals surface area contributed by atoms with Gasteiger partial charge in [-0.05, 0) is 24.6 Å². The van der Waals surface area contributed by atoms with Crippen LogP contribution in [0, 0.1) is 6.92 Å². The van der Waals surface area contributed by atoms with Crippen molar-refractivity contribution in [3.8, 4) is 11.4 Å². The first-order chi connectivity index (χ1) is 8.25. The Morgan fingerprint density at radius 2 is 2.24 bits per heavy atom. The Bertz CT molecular complexity index is 562. The molecule has 0 amide bonds. The SMILES string of the molecule is Cc1ccc(-c2nnc3n2CCNC3)c(Cl)c1. The van der Waals surface area contributed by atoms with Gasteiger partial charge < -0.3 is 9.88 Å². The van der Waals surface area contributed by atoms with Crippen molar-refractivity contribution in [2.75, 3.05) is 6.54 Å². The van der Waals surface area contributed by atoms with E-state index in [0.717, 1.165) is 47.4 Å². The summed E-state index contributed by atoms with van der Waals surface area (Å²) in [5, 5.41) is 12.4. The first-order valence-electron chi connectivity index (χ1n) is 5.65. The monoisotopic (exact) mass is 248 g/mol. The fraction of sp³-hybridized carbons (Fsp3) is 0.333. The highest BCUT2D eigenvalue weighted by Crippen LogP contribution is 2.28. The molecule has 0 aliphatic carbocycles. The highest BCUT2D eigenvalue weighted by Gasteiger charge is 2.18. The fourth-order valence-electron chi connectivity index (χ4n) is 2.09. The van der Waals surface area contributed by atoms with Gasteiger partial charge in [-0.2, -0.15) is 0 Å². The van der Waals surface area contributed by atoms with E-state index in [0.29, 0.717) is 0 Å². The Kier molecular flexibility index (Phi) is 2.61. The highest BCUT2D eigenvalue weighted by atomic mass is 35.5. The van der Waals surface area contributed by atoms with Crippen LogP contribution in [-0.4, -0.2) is 21.3 Å². The first-order valence-corrected chi connectivity index (χ1v) is 6.03. The van der Waals surface area contributed by atoms with Crippen LogP contribution < -0.4 is 5.32 Å². The summed E-state index contributed by atoms with van der Waals surface area (Å²) in [6.07, 6.45) is 0. The summed E-state index contributed by atoms with van der Waals surface area (Å²) in [7, 11) is 0. The van der Waals surface area contributed by atoms with E-state index in [2.05, 4.69) is 20.1 Å². The molecule has 0 spiro atoms. The van der Waals surface area contributed by atoms with Gasteiger partial charge in [0.05, 0.1) is 11.6 Å². The van der Waals surface area contributed by atoms with Gasteiger partial charge in [0.15, 0.2) is 5.82 Å². The van der Waals surface area contributed by atoms with Crippen LogP contribution in [-0.2, 0) is 13.1 Å². The number of rotatable bonds is 1. The Labute approximate surface area is 105 Å². The predicted octanol–water partition coefficient (Wildman–Crippen LogP) is 2.01. The number of aryl methyl sites for hydroxylation is 1. The molecule has 2 aromatic rings. The summed E-state index contributed by atoms with van der Waals surface area (Å²) in [6, 6.07) is 6.01. The van der Waals surface area contributed by atoms with Gasteiger partial charge in [0, 0.05) is 18.7 Å². The zero-order valence-electron chi connectivity index (χ0n) is 9.57. The third-order valence-electron chi connectivity index (χ3n) is 2.99. The third kappa shape index (κ3) is 1.83. The number of aromatic nitrogens is 3. The predicted molar refractivity (Wildman–Crippen MR) is 66.9 cm³/mol. The van der Waals surface area contributed by atoms with Gasteiger partial charge in [-0.3, -0.25) is 0 Å². The third-order valence-corrected chi connectivity index (χ3v) is 3.30. The van der Waals surface area contributed by atoms with E-state index in [4.69, 9.17) is 11.6 Å². The lowest BCUT2D eigenvalue weighted by Crippen LogP contribution is -2.28. The molecule has 3 rings (SSSR count). The van der Waals surface area contributed by atoms with E-state index in [1.165, 1.54) is 0 Å². The molecular formula is C12H13ClN4. The van der Waals surface area contributed by atoms with Gasteiger partial charge in [-0.1, -0.05) is 17.7 Å². The van der Waals surface area contributed by atoms with Gasteiger partial charge in [0.25, 0.3) is 0 Å². The number of halogens is 1. The molecule has 2 heterocycles. The second kappa shape index (κ2) is 4.13. The Balaban J connectivity index is 2.12. The van der Waals surface area contributed by atoms with Gasteiger partial charge in [0.2, 0.25) is 0 Å². The molecule has 1 aliphatic heterocycles. The number of hydrogen-bond acceptors (Lipinski definition) is 3. The molecule has 0 bridgehead atoms. The van der Waals surface area contributed by atoms with Crippen molar-refractivity contribution in [3.05, 3.63) is 34.6 Å². The van der Waals surface area contributed by atoms with Gasteiger partial charge in [-0.25, -0.2) is 0 Å². The van der Waals surface area contributed by atoms with Gasteiger partial charge >= 0.3 is 0 Å². The van der Waals surface area contributed by atoms with Gasteiger partial charge in [0.1, 0.15) is 5.82 Å². The van der Waals surface area contributed by atoms with Crippen LogP contribution in [0.25, 0.3) is 11.4 Å². The Morgan fingerprint density at radius 1 is 1.35 bits per heavy atom. The standard InChI is InChI=1S/C12H13ClN4/c1-8-2-3-9(10(13)6-8)12-16-15-11-7-14-4-5-17(11)12/h2-3,6,14H,4-5,7H2,1H3. The van der Waals surface area contributed by atoms with E-state index in [1.54, 1.807) is 0 Å². The molecule has 0 radical (unpaired) electrons. The Hall–Kier alpha value is -1.39. The number of nitrogens with one attached hydrogen (secondary N) is 1.